The highest BCUT2D eigenvalue weighted by atomic mass is 16.5. The number of pyridine rings is 1. The van der Waals surface area contributed by atoms with Crippen molar-refractivity contribution in [3.63, 3.8) is 0 Å². The van der Waals surface area contributed by atoms with Gasteiger partial charge in [0.2, 0.25) is 0 Å². The van der Waals surface area contributed by atoms with E-state index < -0.39 is 0 Å². The Bertz CT molecular complexity index is 735. The van der Waals surface area contributed by atoms with Gasteiger partial charge in [0.25, 0.3) is 0 Å². The van der Waals surface area contributed by atoms with Crippen LogP contribution >= 0.6 is 0 Å². The van der Waals surface area contributed by atoms with Crippen molar-refractivity contribution in [1.29, 1.82) is 0 Å². The molecule has 0 atom stereocenters. The third-order valence-corrected chi connectivity index (χ3v) is 3.43. The molecule has 1 N–H and O–H groups in total. The Morgan fingerprint density at radius 1 is 1.05 bits per heavy atom. The summed E-state index contributed by atoms with van der Waals surface area (Å²) in [7, 11) is 0. The average Bonchev–Trinajstić information content (AvgIpc) is 2.54. The zero-order chi connectivity index (χ0) is 14.5. The number of nitrogens with zero attached hydrogens (tertiary/aromatic N) is 1. The monoisotopic (exact) mass is 278 g/mol. The fourth-order valence-corrected chi connectivity index (χ4v) is 2.40. The molecule has 1 aromatic heterocycles. The zero-order valence-electron chi connectivity index (χ0n) is 12.0. The van der Waals surface area contributed by atoms with Gasteiger partial charge < -0.3 is 10.1 Å². The van der Waals surface area contributed by atoms with E-state index in [0.717, 1.165) is 28.9 Å². The molecule has 1 heterocycles. The van der Waals surface area contributed by atoms with Gasteiger partial charge in [0, 0.05) is 35.6 Å². The Balaban J connectivity index is 1.84. The Morgan fingerprint density at radius 3 is 2.86 bits per heavy atom. The molecule has 3 aromatic rings. The van der Waals surface area contributed by atoms with E-state index in [1.807, 2.05) is 43.6 Å². The van der Waals surface area contributed by atoms with Crippen molar-refractivity contribution < 1.29 is 4.74 Å². The van der Waals surface area contributed by atoms with E-state index >= 15 is 0 Å². The number of para-hydroxylation sites is 1. The van der Waals surface area contributed by atoms with E-state index in [0.29, 0.717) is 6.61 Å². The summed E-state index contributed by atoms with van der Waals surface area (Å²) in [6, 6.07) is 16.4. The van der Waals surface area contributed by atoms with Crippen molar-refractivity contribution >= 4 is 16.5 Å². The van der Waals surface area contributed by atoms with Crippen molar-refractivity contribution in [2.75, 3.05) is 11.9 Å². The summed E-state index contributed by atoms with van der Waals surface area (Å²) in [6.07, 6.45) is 3.71. The third-order valence-electron chi connectivity index (χ3n) is 3.43. The standard InChI is InChI=1S/C18H18N2O/c1-2-21-18-9-4-3-6-15(18)12-20-17-8-5-7-14-10-11-19-13-16(14)17/h3-11,13,20H,2,12H2,1H3. The number of hydrogen-bond donors (Lipinski definition) is 1. The minimum absolute atomic E-state index is 0.676. The molecule has 0 aliphatic rings. The lowest BCUT2D eigenvalue weighted by Crippen LogP contribution is -2.03. The van der Waals surface area contributed by atoms with E-state index in [1.165, 1.54) is 5.39 Å². The minimum atomic E-state index is 0.676. The second kappa shape index (κ2) is 6.27. The van der Waals surface area contributed by atoms with Gasteiger partial charge in [0.1, 0.15) is 5.75 Å². The summed E-state index contributed by atoms with van der Waals surface area (Å²) < 4.78 is 5.66. The van der Waals surface area contributed by atoms with Crippen molar-refractivity contribution in [2.24, 2.45) is 0 Å². The van der Waals surface area contributed by atoms with E-state index in [-0.39, 0.29) is 0 Å². The van der Waals surface area contributed by atoms with Crippen LogP contribution in [0.2, 0.25) is 0 Å². The van der Waals surface area contributed by atoms with Crippen molar-refractivity contribution in [2.45, 2.75) is 13.5 Å². The number of fused-ring (bicyclic) bond motifs is 1. The van der Waals surface area contributed by atoms with Crippen molar-refractivity contribution in [3.8, 4) is 5.75 Å². The van der Waals surface area contributed by atoms with Crippen LogP contribution in [0.1, 0.15) is 12.5 Å². The van der Waals surface area contributed by atoms with Gasteiger partial charge in [-0.3, -0.25) is 4.98 Å². The number of ether oxygens (including phenoxy) is 1. The second-order valence-corrected chi connectivity index (χ2v) is 4.80. The Morgan fingerprint density at radius 2 is 1.95 bits per heavy atom. The molecule has 0 aliphatic heterocycles. The number of rotatable bonds is 5. The smallest absolute Gasteiger partial charge is 0.124 e. The first-order chi connectivity index (χ1) is 10.4. The fourth-order valence-electron chi connectivity index (χ4n) is 2.40. The van der Waals surface area contributed by atoms with Gasteiger partial charge in [-0.2, -0.15) is 0 Å². The van der Waals surface area contributed by atoms with Crippen LogP contribution in [0.15, 0.2) is 60.9 Å². The van der Waals surface area contributed by atoms with Gasteiger partial charge in [-0.25, -0.2) is 0 Å². The molecule has 3 rings (SSSR count). The number of benzene rings is 2. The largest absolute Gasteiger partial charge is 0.494 e. The molecule has 2 aromatic carbocycles. The first-order valence-corrected chi connectivity index (χ1v) is 7.16. The highest BCUT2D eigenvalue weighted by Gasteiger charge is 2.04. The van der Waals surface area contributed by atoms with Gasteiger partial charge in [-0.1, -0.05) is 30.3 Å². The molecule has 0 bridgehead atoms. The molecule has 106 valence electrons. The Labute approximate surface area is 124 Å². The lowest BCUT2D eigenvalue weighted by Gasteiger charge is -2.13. The summed E-state index contributed by atoms with van der Waals surface area (Å²) in [5.41, 5.74) is 2.24. The Kier molecular flexibility index (Phi) is 4.01. The van der Waals surface area contributed by atoms with E-state index in [4.69, 9.17) is 4.74 Å². The van der Waals surface area contributed by atoms with Gasteiger partial charge in [0.05, 0.1) is 6.61 Å². The number of aromatic nitrogens is 1. The molecule has 0 saturated carbocycles. The molecule has 0 amide bonds. The summed E-state index contributed by atoms with van der Waals surface area (Å²) in [5.74, 6) is 0.936. The number of hydrogen-bond acceptors (Lipinski definition) is 3. The highest BCUT2D eigenvalue weighted by Crippen LogP contribution is 2.24. The van der Waals surface area contributed by atoms with E-state index in [9.17, 15) is 0 Å². The van der Waals surface area contributed by atoms with Crippen LogP contribution in [0, 0.1) is 0 Å². The summed E-state index contributed by atoms with van der Waals surface area (Å²) in [5, 5.41) is 5.80. The zero-order valence-corrected chi connectivity index (χ0v) is 12.0. The van der Waals surface area contributed by atoms with Gasteiger partial charge in [0.15, 0.2) is 0 Å². The second-order valence-electron chi connectivity index (χ2n) is 4.80. The molecular weight excluding hydrogens is 260 g/mol. The molecule has 0 fully saturated rings. The van der Waals surface area contributed by atoms with Crippen molar-refractivity contribution in [1.82, 2.24) is 4.98 Å². The molecule has 21 heavy (non-hydrogen) atoms. The third kappa shape index (κ3) is 2.97. The summed E-state index contributed by atoms with van der Waals surface area (Å²) in [6.45, 7) is 3.40. The number of nitrogens with one attached hydrogen (secondary N) is 1. The van der Waals surface area contributed by atoms with Crippen LogP contribution in [-0.4, -0.2) is 11.6 Å². The highest BCUT2D eigenvalue weighted by molar-refractivity contribution is 5.93. The fraction of sp³-hybridized carbons (Fsp3) is 0.167. The van der Waals surface area contributed by atoms with Gasteiger partial charge in [-0.15, -0.1) is 0 Å². The van der Waals surface area contributed by atoms with Crippen LogP contribution in [0.25, 0.3) is 10.8 Å². The molecule has 0 unspecified atom stereocenters. The quantitative estimate of drug-likeness (QED) is 0.757. The van der Waals surface area contributed by atoms with E-state index in [1.54, 1.807) is 0 Å². The molecule has 3 heteroatoms. The molecule has 0 aliphatic carbocycles. The first kappa shape index (κ1) is 13.4. The number of anilines is 1. The molecular formula is C18H18N2O. The lowest BCUT2D eigenvalue weighted by atomic mass is 10.1. The normalized spacial score (nSPS) is 10.5. The van der Waals surface area contributed by atoms with Crippen LogP contribution in [0.3, 0.4) is 0 Å². The molecule has 0 spiro atoms. The SMILES string of the molecule is CCOc1ccccc1CNc1cccc2ccncc12. The van der Waals surface area contributed by atoms with Crippen LogP contribution < -0.4 is 10.1 Å². The van der Waals surface area contributed by atoms with Crippen LogP contribution in [-0.2, 0) is 6.54 Å². The summed E-state index contributed by atoms with van der Waals surface area (Å²) >= 11 is 0. The predicted octanol–water partition coefficient (Wildman–Crippen LogP) is 4.25. The van der Waals surface area contributed by atoms with Crippen molar-refractivity contribution in [3.05, 3.63) is 66.5 Å². The lowest BCUT2D eigenvalue weighted by molar-refractivity contribution is 0.337. The van der Waals surface area contributed by atoms with E-state index in [2.05, 4.69) is 34.6 Å². The maximum Gasteiger partial charge on any atom is 0.124 e. The average molecular weight is 278 g/mol. The van der Waals surface area contributed by atoms with Gasteiger partial charge in [-0.05, 0) is 30.5 Å². The molecule has 3 nitrogen and oxygen atoms in total. The summed E-state index contributed by atoms with van der Waals surface area (Å²) in [4.78, 5) is 4.21. The minimum Gasteiger partial charge on any atom is -0.494 e. The van der Waals surface area contributed by atoms with Crippen LogP contribution in [0.4, 0.5) is 5.69 Å². The Hall–Kier alpha value is -2.55. The topological polar surface area (TPSA) is 34.1 Å². The molecule has 0 radical (unpaired) electrons. The molecule has 0 saturated heterocycles. The van der Waals surface area contributed by atoms with Crippen LogP contribution in [0.5, 0.6) is 5.75 Å². The predicted molar refractivity (Wildman–Crippen MR) is 86.7 cm³/mol. The first-order valence-electron chi connectivity index (χ1n) is 7.16. The maximum absolute atomic E-state index is 5.66. The van der Waals surface area contributed by atoms with Gasteiger partial charge >= 0.3 is 0 Å². The maximum atomic E-state index is 5.66.